The lowest BCUT2D eigenvalue weighted by molar-refractivity contribution is -0.220. The molecule has 1 saturated carbocycles. The van der Waals surface area contributed by atoms with Gasteiger partial charge in [0.15, 0.2) is 0 Å². The Balaban J connectivity index is 2.48. The number of amides is 1. The summed E-state index contributed by atoms with van der Waals surface area (Å²) in [5, 5.41) is 74.7. The third-order valence-corrected chi connectivity index (χ3v) is 14.2. The SMILES string of the molecule is CCCCCCCCCCC/C=C\CCCCCCCC(O)CC(=O)NC(COP(=O)(O)OC1C(O)C(O)C(O)C(O)C1O)C(O)/C=C/CC/C=C/CCCCCCCCCCCCCCCC. The van der Waals surface area contributed by atoms with Crippen molar-refractivity contribution in [3.8, 4) is 0 Å². The topological polar surface area (TPSA) is 226 Å². The number of phosphoric ester groups is 1. The van der Waals surface area contributed by atoms with Crippen LogP contribution in [0.3, 0.4) is 0 Å². The minimum atomic E-state index is -5.16. The fourth-order valence-electron chi connectivity index (χ4n) is 8.72. The van der Waals surface area contributed by atoms with Gasteiger partial charge in [-0.1, -0.05) is 211 Å². The molecular weight excluding hydrogens is 886 g/mol. The van der Waals surface area contributed by atoms with Gasteiger partial charge >= 0.3 is 7.82 Å². The molecule has 0 radical (unpaired) electrons. The zero-order valence-corrected chi connectivity index (χ0v) is 43.7. The average Bonchev–Trinajstić information content (AvgIpc) is 3.31. The minimum absolute atomic E-state index is 0.257. The summed E-state index contributed by atoms with van der Waals surface area (Å²) < 4.78 is 23.0. The normalized spacial score (nSPS) is 22.3. The van der Waals surface area contributed by atoms with Crippen LogP contribution in [-0.4, -0.2) is 108 Å². The summed E-state index contributed by atoms with van der Waals surface area (Å²) in [5.41, 5.74) is 0. The number of carbonyl (C=O) groups excluding carboxylic acids is 1. The first kappa shape index (κ1) is 64.5. The maximum atomic E-state index is 13.1. The molecule has 1 aliphatic rings. The molecule has 8 unspecified atom stereocenters. The first-order valence-corrected chi connectivity index (χ1v) is 29.0. The van der Waals surface area contributed by atoms with Crippen LogP contribution in [-0.2, 0) is 18.4 Å². The van der Waals surface area contributed by atoms with E-state index < -0.39 is 75.2 Å². The Morgan fingerprint density at radius 2 is 0.868 bits per heavy atom. The highest BCUT2D eigenvalue weighted by Crippen LogP contribution is 2.47. The number of aliphatic hydroxyl groups excluding tert-OH is 7. The molecule has 0 aromatic rings. The van der Waals surface area contributed by atoms with Crippen molar-refractivity contribution in [2.24, 2.45) is 0 Å². The van der Waals surface area contributed by atoms with Crippen LogP contribution < -0.4 is 5.32 Å². The molecule has 8 atom stereocenters. The average molecular weight is 988 g/mol. The molecule has 1 rings (SSSR count). The molecule has 0 saturated heterocycles. The highest BCUT2D eigenvalue weighted by molar-refractivity contribution is 7.47. The summed E-state index contributed by atoms with van der Waals surface area (Å²) in [6.07, 6.45) is 38.0. The Morgan fingerprint density at radius 1 is 0.515 bits per heavy atom. The number of phosphoric acid groups is 1. The van der Waals surface area contributed by atoms with Crippen molar-refractivity contribution in [2.45, 2.75) is 293 Å². The zero-order valence-electron chi connectivity index (χ0n) is 42.8. The second-order valence-electron chi connectivity index (χ2n) is 19.6. The molecule has 14 heteroatoms. The quantitative estimate of drug-likeness (QED) is 0.0158. The molecule has 1 amide bonds. The van der Waals surface area contributed by atoms with E-state index >= 15 is 0 Å². The molecule has 0 spiro atoms. The smallest absolute Gasteiger partial charge is 0.393 e. The predicted molar refractivity (Wildman–Crippen MR) is 275 cm³/mol. The van der Waals surface area contributed by atoms with Crippen LogP contribution in [0.2, 0.25) is 0 Å². The van der Waals surface area contributed by atoms with E-state index in [0.29, 0.717) is 12.8 Å². The van der Waals surface area contributed by atoms with E-state index in [9.17, 15) is 50.0 Å². The van der Waals surface area contributed by atoms with Gasteiger partial charge < -0.3 is 46.0 Å². The molecule has 0 bridgehead atoms. The predicted octanol–water partition coefficient (Wildman–Crippen LogP) is 10.9. The van der Waals surface area contributed by atoms with Crippen molar-refractivity contribution >= 4 is 13.7 Å². The van der Waals surface area contributed by atoms with Crippen LogP contribution in [0.25, 0.3) is 0 Å². The summed E-state index contributed by atoms with van der Waals surface area (Å²) in [6.45, 7) is 3.76. The van der Waals surface area contributed by atoms with E-state index in [4.69, 9.17) is 9.05 Å². The molecule has 400 valence electrons. The molecule has 68 heavy (non-hydrogen) atoms. The lowest BCUT2D eigenvalue weighted by Crippen LogP contribution is -2.64. The number of aliphatic hydroxyl groups is 7. The van der Waals surface area contributed by atoms with E-state index in [2.05, 4.69) is 43.5 Å². The molecule has 1 aliphatic carbocycles. The van der Waals surface area contributed by atoms with Gasteiger partial charge in [0.2, 0.25) is 5.91 Å². The van der Waals surface area contributed by atoms with E-state index in [1.807, 2.05) is 0 Å². The van der Waals surface area contributed by atoms with E-state index in [0.717, 1.165) is 64.2 Å². The fourth-order valence-corrected chi connectivity index (χ4v) is 9.69. The zero-order chi connectivity index (χ0) is 50.1. The van der Waals surface area contributed by atoms with Gasteiger partial charge in [-0.3, -0.25) is 13.8 Å². The van der Waals surface area contributed by atoms with Gasteiger partial charge in [0.25, 0.3) is 0 Å². The summed E-state index contributed by atoms with van der Waals surface area (Å²) >= 11 is 0. The largest absolute Gasteiger partial charge is 0.472 e. The molecular formula is C54H102NO12P. The molecule has 0 aromatic heterocycles. The van der Waals surface area contributed by atoms with Crippen molar-refractivity contribution in [2.75, 3.05) is 6.61 Å². The molecule has 0 aromatic carbocycles. The molecule has 0 heterocycles. The third-order valence-electron chi connectivity index (χ3n) is 13.2. The van der Waals surface area contributed by atoms with Crippen LogP contribution in [0.1, 0.15) is 239 Å². The van der Waals surface area contributed by atoms with Crippen LogP contribution >= 0.6 is 7.82 Å². The Kier molecular flexibility index (Phi) is 40.9. The van der Waals surface area contributed by atoms with Gasteiger partial charge in [0, 0.05) is 0 Å². The molecule has 9 N–H and O–H groups in total. The molecule has 13 nitrogen and oxygen atoms in total. The maximum Gasteiger partial charge on any atom is 0.472 e. The van der Waals surface area contributed by atoms with Crippen LogP contribution in [0.15, 0.2) is 36.5 Å². The summed E-state index contributed by atoms with van der Waals surface area (Å²) in [6, 6.07) is -1.26. The Morgan fingerprint density at radius 3 is 1.29 bits per heavy atom. The van der Waals surface area contributed by atoms with Crippen LogP contribution in [0.4, 0.5) is 0 Å². The van der Waals surface area contributed by atoms with E-state index in [1.165, 1.54) is 147 Å². The van der Waals surface area contributed by atoms with Gasteiger partial charge in [0.05, 0.1) is 31.3 Å². The van der Waals surface area contributed by atoms with Gasteiger partial charge in [-0.25, -0.2) is 4.57 Å². The number of nitrogens with one attached hydrogen (secondary N) is 1. The lowest BCUT2D eigenvalue weighted by atomic mass is 9.85. The van der Waals surface area contributed by atoms with E-state index in [-0.39, 0.29) is 6.42 Å². The first-order valence-electron chi connectivity index (χ1n) is 27.5. The summed E-state index contributed by atoms with van der Waals surface area (Å²) in [5.74, 6) is -0.605. The van der Waals surface area contributed by atoms with Crippen LogP contribution in [0, 0.1) is 0 Å². The number of carbonyl (C=O) groups is 1. The van der Waals surface area contributed by atoms with Crippen LogP contribution in [0.5, 0.6) is 0 Å². The van der Waals surface area contributed by atoms with Crippen molar-refractivity contribution in [3.63, 3.8) is 0 Å². The molecule has 0 aliphatic heterocycles. The minimum Gasteiger partial charge on any atom is -0.393 e. The van der Waals surface area contributed by atoms with E-state index in [1.54, 1.807) is 6.08 Å². The maximum absolute atomic E-state index is 13.1. The second kappa shape index (κ2) is 43.1. The monoisotopic (exact) mass is 988 g/mol. The molecule has 1 fully saturated rings. The Bertz CT molecular complexity index is 1300. The highest BCUT2D eigenvalue weighted by Gasteiger charge is 2.51. The Hall–Kier alpha value is -1.48. The fraction of sp³-hybridized carbons (Fsp3) is 0.870. The van der Waals surface area contributed by atoms with Crippen molar-refractivity contribution in [1.82, 2.24) is 5.32 Å². The number of allylic oxidation sites excluding steroid dienone is 5. The third kappa shape index (κ3) is 34.0. The number of rotatable bonds is 46. The van der Waals surface area contributed by atoms with Gasteiger partial charge in [0.1, 0.15) is 36.6 Å². The number of hydrogen-bond acceptors (Lipinski definition) is 11. The lowest BCUT2D eigenvalue weighted by Gasteiger charge is -2.41. The van der Waals surface area contributed by atoms with Gasteiger partial charge in [-0.05, 0) is 57.8 Å². The summed E-state index contributed by atoms with van der Waals surface area (Å²) in [4.78, 5) is 23.5. The number of hydrogen-bond donors (Lipinski definition) is 9. The second-order valence-corrected chi connectivity index (χ2v) is 21.0. The standard InChI is InChI=1S/C54H102NO12P/c1-3-5-7-9-11-13-15-17-19-21-23-24-26-28-30-32-34-36-38-40-42-47(57)46(44-66-68(64,65)67-54-52(62)50(60)49(59)51(61)53(54)63)55-48(58)43-45(56)41-39-37-35-33-31-29-27-25-22-20-18-16-14-12-10-8-6-4-2/h25,27,32,34,40,42,45-47,49-54,56-57,59-63H,3-24,26,28-31,33,35-39,41,43-44H2,1-2H3,(H,55,58)(H,64,65)/b27-25-,34-32+,42-40+. The van der Waals surface area contributed by atoms with Gasteiger partial charge in [-0.15, -0.1) is 0 Å². The Labute approximate surface area is 413 Å². The van der Waals surface area contributed by atoms with Crippen molar-refractivity contribution in [3.05, 3.63) is 36.5 Å². The van der Waals surface area contributed by atoms with Gasteiger partial charge in [-0.2, -0.15) is 0 Å². The summed E-state index contributed by atoms with van der Waals surface area (Å²) in [7, 11) is -5.16. The highest BCUT2D eigenvalue weighted by atomic mass is 31.2. The van der Waals surface area contributed by atoms with Crippen molar-refractivity contribution in [1.29, 1.82) is 0 Å². The number of unbranched alkanes of at least 4 members (excludes halogenated alkanes) is 29. The first-order chi connectivity index (χ1) is 32.8. The van der Waals surface area contributed by atoms with Crippen molar-refractivity contribution < 1.29 is 59.0 Å².